The van der Waals surface area contributed by atoms with Crippen molar-refractivity contribution in [2.24, 2.45) is 5.73 Å². The van der Waals surface area contributed by atoms with Crippen molar-refractivity contribution >= 4 is 17.2 Å². The van der Waals surface area contributed by atoms with E-state index in [2.05, 4.69) is 10.3 Å². The Hall–Kier alpha value is -1.85. The zero-order valence-electron chi connectivity index (χ0n) is 11.3. The van der Waals surface area contributed by atoms with Crippen LogP contribution >= 0.6 is 11.3 Å². The molecular formula is C12H15N4O5S+. The summed E-state index contributed by atoms with van der Waals surface area (Å²) in [6, 6.07) is 3.55. The van der Waals surface area contributed by atoms with Crippen LogP contribution in [-0.4, -0.2) is 56.5 Å². The lowest BCUT2D eigenvalue weighted by molar-refractivity contribution is -0.805. The molecule has 1 aliphatic heterocycles. The van der Waals surface area contributed by atoms with E-state index in [1.54, 1.807) is 12.1 Å². The van der Waals surface area contributed by atoms with Crippen LogP contribution in [0.15, 0.2) is 17.5 Å². The lowest BCUT2D eigenvalue weighted by atomic mass is 10.1. The third-order valence-electron chi connectivity index (χ3n) is 3.49. The molecule has 9 nitrogen and oxygen atoms in total. The van der Waals surface area contributed by atoms with Gasteiger partial charge in [0.1, 0.15) is 12.2 Å². The maximum Gasteiger partial charge on any atom is 0.314 e. The van der Waals surface area contributed by atoms with Crippen LogP contribution < -0.4 is 10.4 Å². The normalized spacial score (nSPS) is 28.1. The van der Waals surface area contributed by atoms with Gasteiger partial charge in [0.15, 0.2) is 6.10 Å². The van der Waals surface area contributed by atoms with Crippen molar-refractivity contribution < 1.29 is 29.5 Å². The number of hydrogen-bond donors (Lipinski definition) is 5. The number of amides is 1. The number of H-pyrrole nitrogens is 1. The summed E-state index contributed by atoms with van der Waals surface area (Å²) in [6.07, 6.45) is -4.49. The Bertz CT molecular complexity index is 673. The molecule has 3 heterocycles. The van der Waals surface area contributed by atoms with E-state index in [-0.39, 0.29) is 5.69 Å². The van der Waals surface area contributed by atoms with Gasteiger partial charge in [-0.3, -0.25) is 4.79 Å². The minimum Gasteiger partial charge on any atom is -0.394 e. The minimum atomic E-state index is -1.29. The SMILES string of the molecule is NC(=O)c1n[nH][n+]([C@@H]2O[C@H](CO)[C@@H](O)[C@H]2O)c1-c1cccs1. The van der Waals surface area contributed by atoms with Crippen LogP contribution in [0.4, 0.5) is 0 Å². The van der Waals surface area contributed by atoms with Gasteiger partial charge in [-0.25, -0.2) is 0 Å². The van der Waals surface area contributed by atoms with Crippen LogP contribution in [0.5, 0.6) is 0 Å². The van der Waals surface area contributed by atoms with Crippen molar-refractivity contribution in [2.45, 2.75) is 24.5 Å². The first-order valence-electron chi connectivity index (χ1n) is 6.50. The largest absolute Gasteiger partial charge is 0.394 e. The van der Waals surface area contributed by atoms with E-state index in [1.165, 1.54) is 16.0 Å². The molecule has 4 atom stereocenters. The number of primary amides is 1. The Morgan fingerprint density at radius 1 is 1.50 bits per heavy atom. The van der Waals surface area contributed by atoms with E-state index in [0.717, 1.165) is 0 Å². The number of aromatic amines is 1. The fraction of sp³-hybridized carbons (Fsp3) is 0.417. The van der Waals surface area contributed by atoms with E-state index in [0.29, 0.717) is 10.6 Å². The Morgan fingerprint density at radius 3 is 2.82 bits per heavy atom. The van der Waals surface area contributed by atoms with E-state index in [4.69, 9.17) is 15.6 Å². The van der Waals surface area contributed by atoms with Gasteiger partial charge in [-0.15, -0.1) is 16.0 Å². The van der Waals surface area contributed by atoms with Gasteiger partial charge < -0.3 is 25.8 Å². The van der Waals surface area contributed by atoms with Crippen LogP contribution in [0.25, 0.3) is 10.6 Å². The first kappa shape index (κ1) is 15.1. The maximum absolute atomic E-state index is 11.5. The second-order valence-corrected chi connectivity index (χ2v) is 5.80. The average Bonchev–Trinajstić information content (AvgIpc) is 3.19. The third kappa shape index (κ3) is 2.30. The predicted octanol–water partition coefficient (Wildman–Crippen LogP) is -1.86. The number of nitrogens with zero attached hydrogens (tertiary/aromatic N) is 2. The second-order valence-electron chi connectivity index (χ2n) is 4.85. The number of aliphatic hydroxyl groups is 3. The molecule has 10 heteroatoms. The quantitative estimate of drug-likeness (QED) is 0.416. The average molecular weight is 327 g/mol. The number of thiophene rings is 1. The van der Waals surface area contributed by atoms with Crippen molar-refractivity contribution in [3.05, 3.63) is 23.2 Å². The first-order valence-corrected chi connectivity index (χ1v) is 7.38. The first-order chi connectivity index (χ1) is 10.5. The zero-order chi connectivity index (χ0) is 15.9. The van der Waals surface area contributed by atoms with Crippen molar-refractivity contribution in [3.8, 4) is 10.6 Å². The molecule has 1 fully saturated rings. The topological polar surface area (TPSA) is 146 Å². The number of aliphatic hydroxyl groups excluding tert-OH is 3. The highest BCUT2D eigenvalue weighted by atomic mass is 32.1. The van der Waals surface area contributed by atoms with E-state index >= 15 is 0 Å². The Labute approximate surface area is 128 Å². The lowest BCUT2D eigenvalue weighted by Crippen LogP contribution is -2.49. The number of hydrogen-bond acceptors (Lipinski definition) is 7. The highest BCUT2D eigenvalue weighted by molar-refractivity contribution is 7.13. The Morgan fingerprint density at radius 2 is 2.27 bits per heavy atom. The molecule has 0 unspecified atom stereocenters. The van der Waals surface area contributed by atoms with Gasteiger partial charge >= 0.3 is 5.69 Å². The van der Waals surface area contributed by atoms with Crippen LogP contribution in [0.2, 0.25) is 0 Å². The summed E-state index contributed by atoms with van der Waals surface area (Å²) < 4.78 is 6.78. The molecule has 2 aromatic heterocycles. The molecule has 0 aromatic carbocycles. The van der Waals surface area contributed by atoms with Gasteiger partial charge in [0.25, 0.3) is 12.1 Å². The molecule has 1 saturated heterocycles. The highest BCUT2D eigenvalue weighted by Gasteiger charge is 2.48. The maximum atomic E-state index is 11.5. The summed E-state index contributed by atoms with van der Waals surface area (Å²) in [5.41, 5.74) is 5.68. The van der Waals surface area contributed by atoms with Gasteiger partial charge in [-0.05, 0) is 11.4 Å². The molecule has 1 aliphatic rings. The Kier molecular flexibility index (Phi) is 3.93. The number of nitrogens with two attached hydrogens (primary N) is 1. The fourth-order valence-corrected chi connectivity index (χ4v) is 3.19. The molecular weight excluding hydrogens is 312 g/mol. The number of carbonyl (C=O) groups is 1. The molecule has 1 amide bonds. The molecule has 2 aromatic rings. The van der Waals surface area contributed by atoms with Crippen molar-refractivity contribution in [1.82, 2.24) is 10.3 Å². The molecule has 3 rings (SSSR count). The predicted molar refractivity (Wildman–Crippen MR) is 73.6 cm³/mol. The number of aromatic nitrogens is 3. The van der Waals surface area contributed by atoms with Crippen molar-refractivity contribution in [2.75, 3.05) is 6.61 Å². The molecule has 0 radical (unpaired) electrons. The molecule has 0 aliphatic carbocycles. The van der Waals surface area contributed by atoms with Crippen LogP contribution in [0.1, 0.15) is 16.7 Å². The summed E-state index contributed by atoms with van der Waals surface area (Å²) in [4.78, 5) is 12.2. The van der Waals surface area contributed by atoms with Crippen LogP contribution in [-0.2, 0) is 4.74 Å². The summed E-state index contributed by atoms with van der Waals surface area (Å²) >= 11 is 1.36. The van der Waals surface area contributed by atoms with Crippen molar-refractivity contribution in [3.63, 3.8) is 0 Å². The van der Waals surface area contributed by atoms with Gasteiger partial charge in [-0.1, -0.05) is 11.3 Å². The number of rotatable bonds is 4. The van der Waals surface area contributed by atoms with Gasteiger partial charge in [0.05, 0.1) is 16.6 Å². The molecule has 0 spiro atoms. The zero-order valence-corrected chi connectivity index (χ0v) is 12.1. The molecule has 22 heavy (non-hydrogen) atoms. The van der Waals surface area contributed by atoms with E-state index in [9.17, 15) is 15.0 Å². The van der Waals surface area contributed by atoms with Gasteiger partial charge in [-0.2, -0.15) is 0 Å². The molecule has 0 bridgehead atoms. The highest BCUT2D eigenvalue weighted by Crippen LogP contribution is 2.29. The molecule has 6 N–H and O–H groups in total. The van der Waals surface area contributed by atoms with Gasteiger partial charge in [0.2, 0.25) is 5.69 Å². The third-order valence-corrected chi connectivity index (χ3v) is 4.37. The smallest absolute Gasteiger partial charge is 0.314 e. The second kappa shape index (κ2) is 5.74. The molecule has 118 valence electrons. The summed E-state index contributed by atoms with van der Waals surface area (Å²) in [5.74, 6) is -0.731. The van der Waals surface area contributed by atoms with Gasteiger partial charge in [0, 0.05) is 0 Å². The summed E-state index contributed by atoms with van der Waals surface area (Å²) in [5, 5.41) is 37.4. The van der Waals surface area contributed by atoms with Crippen molar-refractivity contribution in [1.29, 1.82) is 0 Å². The van der Waals surface area contributed by atoms with Crippen LogP contribution in [0.3, 0.4) is 0 Å². The number of ether oxygens (including phenoxy) is 1. The summed E-state index contributed by atoms with van der Waals surface area (Å²) in [7, 11) is 0. The monoisotopic (exact) mass is 327 g/mol. The number of carbonyl (C=O) groups excluding carboxylic acids is 1. The van der Waals surface area contributed by atoms with E-state index < -0.39 is 37.1 Å². The standard InChI is InChI=1S/C12H14N4O5S/c13-11(20)7-8(6-2-1-3-22-6)16(15-14-7)12-10(19)9(18)5(4-17)21-12/h1-3,5,9-10,12,17-19H,4H2,(H2,13,20)/p+1/t5-,9-,10-,12-/m1/s1. The van der Waals surface area contributed by atoms with Crippen LogP contribution in [0, 0.1) is 0 Å². The lowest BCUT2D eigenvalue weighted by Gasteiger charge is -2.11. The van der Waals surface area contributed by atoms with E-state index in [1.807, 2.05) is 5.38 Å². The minimum absolute atomic E-state index is 0.000174. The number of nitrogens with one attached hydrogen (secondary N) is 1. The fourth-order valence-electron chi connectivity index (χ4n) is 2.42. The molecule has 0 saturated carbocycles. The summed E-state index contributed by atoms with van der Waals surface area (Å²) in [6.45, 7) is -0.444. The Balaban J connectivity index is 2.07.